The molecule has 0 saturated heterocycles. The van der Waals surface area contributed by atoms with E-state index in [-0.39, 0.29) is 0 Å². The first-order valence-electron chi connectivity index (χ1n) is 8.23. The Labute approximate surface area is 120 Å². The van der Waals surface area contributed by atoms with Gasteiger partial charge in [-0.05, 0) is 25.7 Å². The van der Waals surface area contributed by atoms with Gasteiger partial charge in [0, 0.05) is 0 Å². The Morgan fingerprint density at radius 1 is 1.00 bits per heavy atom. The van der Waals surface area contributed by atoms with Gasteiger partial charge in [-0.3, -0.25) is 4.79 Å². The van der Waals surface area contributed by atoms with Gasteiger partial charge in [0.25, 0.3) is 0 Å². The van der Waals surface area contributed by atoms with Crippen LogP contribution in [0, 0.1) is 11.3 Å². The lowest BCUT2D eigenvalue weighted by Gasteiger charge is -2.29. The number of unbranched alkanes of at least 4 members (excludes halogenated alkanes) is 3. The summed E-state index contributed by atoms with van der Waals surface area (Å²) in [7, 11) is 0. The fourth-order valence-electron chi connectivity index (χ4n) is 2.95. The van der Waals surface area contributed by atoms with Crippen LogP contribution in [0.25, 0.3) is 0 Å². The molecule has 0 spiro atoms. The largest absolute Gasteiger partial charge is 0.481 e. The van der Waals surface area contributed by atoms with Crippen molar-refractivity contribution in [2.24, 2.45) is 11.3 Å². The van der Waals surface area contributed by atoms with Gasteiger partial charge in [0.2, 0.25) is 0 Å². The van der Waals surface area contributed by atoms with Gasteiger partial charge in [-0.1, -0.05) is 72.1 Å². The van der Waals surface area contributed by atoms with Gasteiger partial charge in [-0.2, -0.15) is 0 Å². The first kappa shape index (κ1) is 18.5. The normalized spacial score (nSPS) is 16.0. The minimum atomic E-state index is -0.596. The van der Waals surface area contributed by atoms with Crippen molar-refractivity contribution in [1.29, 1.82) is 0 Å². The molecule has 0 saturated carbocycles. The Morgan fingerprint density at radius 3 is 2.11 bits per heavy atom. The van der Waals surface area contributed by atoms with E-state index in [9.17, 15) is 9.90 Å². The Kier molecular flexibility index (Phi) is 9.99. The number of aliphatic carboxylic acids is 1. The van der Waals surface area contributed by atoms with Crippen molar-refractivity contribution in [3.05, 3.63) is 0 Å². The molecule has 0 aliphatic carbocycles. The lowest BCUT2D eigenvalue weighted by Crippen LogP contribution is -2.30. The SMILES string of the molecule is CCCCCC(C)(CC(CCC)CCCC)C(=O)O. The quantitative estimate of drug-likeness (QED) is 0.465. The average molecular weight is 270 g/mol. The molecule has 0 aromatic rings. The summed E-state index contributed by atoms with van der Waals surface area (Å²) < 4.78 is 0. The summed E-state index contributed by atoms with van der Waals surface area (Å²) in [5.74, 6) is -0.00567. The van der Waals surface area contributed by atoms with Crippen LogP contribution in [0.5, 0.6) is 0 Å². The molecule has 0 aliphatic rings. The summed E-state index contributed by atoms with van der Waals surface area (Å²) >= 11 is 0. The van der Waals surface area contributed by atoms with Crippen molar-refractivity contribution in [2.45, 2.75) is 91.9 Å². The summed E-state index contributed by atoms with van der Waals surface area (Å²) in [5.41, 5.74) is -0.511. The van der Waals surface area contributed by atoms with Gasteiger partial charge in [-0.25, -0.2) is 0 Å². The lowest BCUT2D eigenvalue weighted by atomic mass is 9.74. The zero-order valence-corrected chi connectivity index (χ0v) is 13.5. The second kappa shape index (κ2) is 10.3. The molecule has 0 radical (unpaired) electrons. The number of carbonyl (C=O) groups is 1. The topological polar surface area (TPSA) is 37.3 Å². The Bertz CT molecular complexity index is 237. The van der Waals surface area contributed by atoms with E-state index in [2.05, 4.69) is 20.8 Å². The highest BCUT2D eigenvalue weighted by Crippen LogP contribution is 2.36. The fourth-order valence-corrected chi connectivity index (χ4v) is 2.95. The molecule has 0 aromatic carbocycles. The third kappa shape index (κ3) is 7.59. The second-order valence-electron chi connectivity index (χ2n) is 6.32. The van der Waals surface area contributed by atoms with Crippen molar-refractivity contribution in [3.63, 3.8) is 0 Å². The van der Waals surface area contributed by atoms with Crippen LogP contribution in [0.15, 0.2) is 0 Å². The molecule has 0 aromatic heterocycles. The molecule has 0 fully saturated rings. The molecule has 114 valence electrons. The highest BCUT2D eigenvalue weighted by molar-refractivity contribution is 5.74. The highest BCUT2D eigenvalue weighted by atomic mass is 16.4. The third-order valence-electron chi connectivity index (χ3n) is 4.25. The molecule has 0 amide bonds. The number of carboxylic acid groups (broad SMARTS) is 1. The molecule has 2 atom stereocenters. The predicted molar refractivity (Wildman–Crippen MR) is 82.4 cm³/mol. The Balaban J connectivity index is 4.51. The van der Waals surface area contributed by atoms with E-state index in [1.165, 1.54) is 32.1 Å². The van der Waals surface area contributed by atoms with Gasteiger partial charge in [0.05, 0.1) is 5.41 Å². The molecule has 19 heavy (non-hydrogen) atoms. The summed E-state index contributed by atoms with van der Waals surface area (Å²) in [6.07, 6.45) is 11.0. The summed E-state index contributed by atoms with van der Waals surface area (Å²) in [6, 6.07) is 0. The van der Waals surface area contributed by atoms with E-state index < -0.39 is 11.4 Å². The van der Waals surface area contributed by atoms with Crippen LogP contribution < -0.4 is 0 Å². The first-order valence-corrected chi connectivity index (χ1v) is 8.23. The van der Waals surface area contributed by atoms with Gasteiger partial charge < -0.3 is 5.11 Å². The van der Waals surface area contributed by atoms with E-state index >= 15 is 0 Å². The Morgan fingerprint density at radius 2 is 1.63 bits per heavy atom. The molecule has 2 unspecified atom stereocenters. The monoisotopic (exact) mass is 270 g/mol. The molecular formula is C17H34O2. The number of carboxylic acids is 1. The van der Waals surface area contributed by atoms with Gasteiger partial charge >= 0.3 is 5.97 Å². The molecular weight excluding hydrogens is 236 g/mol. The number of hydrogen-bond acceptors (Lipinski definition) is 1. The smallest absolute Gasteiger partial charge is 0.309 e. The molecule has 0 aliphatic heterocycles. The van der Waals surface area contributed by atoms with Gasteiger partial charge in [0.1, 0.15) is 0 Å². The van der Waals surface area contributed by atoms with Gasteiger partial charge in [-0.15, -0.1) is 0 Å². The summed E-state index contributed by atoms with van der Waals surface area (Å²) in [4.78, 5) is 11.6. The summed E-state index contributed by atoms with van der Waals surface area (Å²) in [5, 5.41) is 9.57. The van der Waals surface area contributed by atoms with Crippen molar-refractivity contribution in [1.82, 2.24) is 0 Å². The van der Waals surface area contributed by atoms with Crippen LogP contribution in [0.2, 0.25) is 0 Å². The van der Waals surface area contributed by atoms with Gasteiger partial charge in [0.15, 0.2) is 0 Å². The minimum Gasteiger partial charge on any atom is -0.481 e. The maximum absolute atomic E-state index is 11.6. The summed E-state index contributed by atoms with van der Waals surface area (Å²) in [6.45, 7) is 8.54. The van der Waals surface area contributed by atoms with Crippen LogP contribution in [0.4, 0.5) is 0 Å². The minimum absolute atomic E-state index is 0.511. The molecule has 0 bridgehead atoms. The van der Waals surface area contributed by atoms with E-state index in [1.54, 1.807) is 0 Å². The molecule has 2 heteroatoms. The van der Waals surface area contributed by atoms with Crippen molar-refractivity contribution in [3.8, 4) is 0 Å². The maximum atomic E-state index is 11.6. The number of rotatable bonds is 12. The second-order valence-corrected chi connectivity index (χ2v) is 6.32. The number of hydrogen-bond donors (Lipinski definition) is 1. The van der Waals surface area contributed by atoms with Crippen molar-refractivity contribution in [2.75, 3.05) is 0 Å². The highest BCUT2D eigenvalue weighted by Gasteiger charge is 2.34. The van der Waals surface area contributed by atoms with E-state index in [0.29, 0.717) is 5.92 Å². The molecule has 0 rings (SSSR count). The standard InChI is InChI=1S/C17H34O2/c1-5-8-10-13-17(4,16(18)19)14-15(11-7-3)12-9-6-2/h15H,5-14H2,1-4H3,(H,18,19). The lowest BCUT2D eigenvalue weighted by molar-refractivity contribution is -0.149. The zero-order valence-electron chi connectivity index (χ0n) is 13.5. The van der Waals surface area contributed by atoms with E-state index in [4.69, 9.17) is 0 Å². The van der Waals surface area contributed by atoms with Crippen LogP contribution in [0.1, 0.15) is 91.9 Å². The van der Waals surface area contributed by atoms with E-state index in [1.807, 2.05) is 6.92 Å². The molecule has 1 N–H and O–H groups in total. The van der Waals surface area contributed by atoms with Crippen molar-refractivity contribution < 1.29 is 9.90 Å². The molecule has 0 heterocycles. The Hall–Kier alpha value is -0.530. The van der Waals surface area contributed by atoms with Crippen molar-refractivity contribution >= 4 is 5.97 Å². The first-order chi connectivity index (χ1) is 9.00. The van der Waals surface area contributed by atoms with Crippen LogP contribution in [0.3, 0.4) is 0 Å². The third-order valence-corrected chi connectivity index (χ3v) is 4.25. The molecule has 2 nitrogen and oxygen atoms in total. The fraction of sp³-hybridized carbons (Fsp3) is 0.941. The van der Waals surface area contributed by atoms with Crippen LogP contribution in [-0.4, -0.2) is 11.1 Å². The predicted octanol–water partition coefficient (Wildman–Crippen LogP) is 5.65. The van der Waals surface area contributed by atoms with E-state index in [0.717, 1.165) is 32.1 Å². The average Bonchev–Trinajstić information content (AvgIpc) is 2.36. The van der Waals surface area contributed by atoms with Crippen LogP contribution >= 0.6 is 0 Å². The maximum Gasteiger partial charge on any atom is 0.309 e. The zero-order chi connectivity index (χ0) is 14.7. The van der Waals surface area contributed by atoms with Crippen LogP contribution in [-0.2, 0) is 4.79 Å².